The number of nitrogens with zero attached hydrogens (tertiary/aromatic N) is 1. The van der Waals surface area contributed by atoms with Gasteiger partial charge in [0.1, 0.15) is 19.8 Å². The molecule has 0 heterocycles. The molecule has 0 aliphatic rings. The van der Waals surface area contributed by atoms with Crippen molar-refractivity contribution in [3.8, 4) is 0 Å². The third kappa shape index (κ3) is 16.0. The number of carbonyl (C=O) groups excluding carboxylic acids is 2. The Morgan fingerprint density at radius 2 is 1.64 bits per heavy atom. The molecule has 0 amide bonds. The highest BCUT2D eigenvalue weighted by atomic mass is 31.2. The quantitative estimate of drug-likeness (QED) is 0.174. The van der Waals surface area contributed by atoms with E-state index in [9.17, 15) is 19.0 Å². The molecule has 2 atom stereocenters. The third-order valence-electron chi connectivity index (χ3n) is 3.61. The molecule has 0 fully saturated rings. The minimum atomic E-state index is -4.30. The van der Waals surface area contributed by atoms with Crippen LogP contribution < -0.4 is 0 Å². The van der Waals surface area contributed by atoms with Gasteiger partial charge in [-0.1, -0.05) is 26.7 Å². The zero-order chi connectivity index (χ0) is 21.6. The summed E-state index contributed by atoms with van der Waals surface area (Å²) >= 11 is 0. The van der Waals surface area contributed by atoms with E-state index < -0.39 is 32.5 Å². The van der Waals surface area contributed by atoms with Gasteiger partial charge in [0.25, 0.3) is 0 Å². The molecule has 1 N–H and O–H groups in total. The molecule has 166 valence electrons. The number of unbranched alkanes of at least 4 members (excludes halogenated alkanes) is 2. The predicted molar refractivity (Wildman–Crippen MR) is 105 cm³/mol. The van der Waals surface area contributed by atoms with Crippen molar-refractivity contribution < 1.29 is 42.1 Å². The number of ether oxygens (including phenoxy) is 2. The van der Waals surface area contributed by atoms with Gasteiger partial charge in [0.2, 0.25) is 0 Å². The zero-order valence-corrected chi connectivity index (χ0v) is 18.7. The monoisotopic (exact) mass is 426 g/mol. The minimum Gasteiger partial charge on any atom is -0.462 e. The first-order valence-corrected chi connectivity index (χ1v) is 11.3. The number of phosphoric acid groups is 1. The fraction of sp³-hybridized carbons (Fsp3) is 0.889. The van der Waals surface area contributed by atoms with Crippen molar-refractivity contribution in [3.05, 3.63) is 0 Å². The maximum absolute atomic E-state index is 12.0. The molecule has 28 heavy (non-hydrogen) atoms. The molecule has 10 heteroatoms. The Morgan fingerprint density at radius 3 is 2.21 bits per heavy atom. The Hall–Kier alpha value is -0.990. The molecule has 0 rings (SSSR count). The molecule has 0 saturated heterocycles. The summed E-state index contributed by atoms with van der Waals surface area (Å²) in [4.78, 5) is 33.2. The molecule has 0 saturated carbocycles. The first-order valence-electron chi connectivity index (χ1n) is 9.76. The van der Waals surface area contributed by atoms with Crippen LogP contribution in [0.2, 0.25) is 0 Å². The van der Waals surface area contributed by atoms with Crippen LogP contribution in [0.25, 0.3) is 0 Å². The highest BCUT2D eigenvalue weighted by molar-refractivity contribution is 7.47. The largest absolute Gasteiger partial charge is 0.472 e. The Kier molecular flexibility index (Phi) is 13.6. The van der Waals surface area contributed by atoms with Crippen LogP contribution in [-0.2, 0) is 32.7 Å². The van der Waals surface area contributed by atoms with E-state index in [4.69, 9.17) is 18.5 Å². The van der Waals surface area contributed by atoms with Crippen molar-refractivity contribution in [2.45, 2.75) is 58.5 Å². The second-order valence-electron chi connectivity index (χ2n) is 7.61. The lowest BCUT2D eigenvalue weighted by atomic mass is 10.2. The smallest absolute Gasteiger partial charge is 0.462 e. The summed E-state index contributed by atoms with van der Waals surface area (Å²) in [6.45, 7) is 3.75. The van der Waals surface area contributed by atoms with Gasteiger partial charge in [-0.25, -0.2) is 4.57 Å². The number of likely N-dealkylation sites (N-methyl/N-ethyl adjacent to an activating group) is 1. The Bertz CT molecular complexity index is 506. The van der Waals surface area contributed by atoms with Gasteiger partial charge in [0.05, 0.1) is 27.7 Å². The summed E-state index contributed by atoms with van der Waals surface area (Å²) < 4.78 is 32.7. The Labute approximate surface area is 168 Å². The summed E-state index contributed by atoms with van der Waals surface area (Å²) in [5, 5.41) is 0. The van der Waals surface area contributed by atoms with Crippen LogP contribution in [0.5, 0.6) is 0 Å². The topological polar surface area (TPSA) is 108 Å². The van der Waals surface area contributed by atoms with Crippen molar-refractivity contribution in [3.63, 3.8) is 0 Å². The van der Waals surface area contributed by atoms with Gasteiger partial charge in [-0.3, -0.25) is 18.6 Å². The number of hydrogen-bond donors (Lipinski definition) is 1. The van der Waals surface area contributed by atoms with Gasteiger partial charge in [-0.05, 0) is 12.8 Å². The summed E-state index contributed by atoms with van der Waals surface area (Å²) in [7, 11) is 1.46. The second-order valence-corrected chi connectivity index (χ2v) is 9.07. The van der Waals surface area contributed by atoms with E-state index >= 15 is 0 Å². The molecule has 0 spiro atoms. The van der Waals surface area contributed by atoms with Crippen LogP contribution in [0.3, 0.4) is 0 Å². The van der Waals surface area contributed by atoms with E-state index in [0.29, 0.717) is 17.4 Å². The molecular formula is C18H37NO8P+. The number of esters is 2. The van der Waals surface area contributed by atoms with Gasteiger partial charge in [-0.15, -0.1) is 0 Å². The van der Waals surface area contributed by atoms with E-state index in [1.54, 1.807) is 0 Å². The molecular weight excluding hydrogens is 389 g/mol. The van der Waals surface area contributed by atoms with Gasteiger partial charge in [0.15, 0.2) is 6.10 Å². The summed E-state index contributed by atoms with van der Waals surface area (Å²) in [6.07, 6.45) is 2.71. The first kappa shape index (κ1) is 27.0. The maximum atomic E-state index is 12.0. The summed E-state index contributed by atoms with van der Waals surface area (Å²) in [6, 6.07) is 0. The number of hydrogen-bond acceptors (Lipinski definition) is 7. The summed E-state index contributed by atoms with van der Waals surface area (Å²) in [5.41, 5.74) is 0. The lowest BCUT2D eigenvalue weighted by molar-refractivity contribution is -0.870. The number of carbonyl (C=O) groups is 2. The standard InChI is InChI=1S/C18H36NO8P/c1-6-8-9-11-17(20)24-14-16(27-18(21)10-7-2)15-26-28(22,23)25-13-12-19(3,4)5/h16H,6-15H2,1-5H3/p+1/t16-/m1/s1. The maximum Gasteiger partial charge on any atom is 0.472 e. The molecule has 9 nitrogen and oxygen atoms in total. The predicted octanol–water partition coefficient (Wildman–Crippen LogP) is 2.66. The van der Waals surface area contributed by atoms with Crippen LogP contribution in [0, 0.1) is 0 Å². The van der Waals surface area contributed by atoms with Crippen LogP contribution in [-0.4, -0.2) is 74.9 Å². The molecule has 0 aromatic heterocycles. The van der Waals surface area contributed by atoms with E-state index in [-0.39, 0.29) is 26.1 Å². The van der Waals surface area contributed by atoms with E-state index in [2.05, 4.69) is 0 Å². The summed E-state index contributed by atoms with van der Waals surface area (Å²) in [5.74, 6) is -0.895. The molecule has 0 aliphatic heterocycles. The Balaban J connectivity index is 4.55. The molecule has 0 bridgehead atoms. The van der Waals surface area contributed by atoms with Crippen molar-refractivity contribution in [1.29, 1.82) is 0 Å². The van der Waals surface area contributed by atoms with Gasteiger partial charge >= 0.3 is 19.8 Å². The average Bonchev–Trinajstić information content (AvgIpc) is 2.56. The first-order chi connectivity index (χ1) is 13.0. The van der Waals surface area contributed by atoms with Crippen molar-refractivity contribution in [1.82, 2.24) is 0 Å². The van der Waals surface area contributed by atoms with Gasteiger partial charge in [-0.2, -0.15) is 0 Å². The highest BCUT2D eigenvalue weighted by Crippen LogP contribution is 2.43. The number of phosphoric ester groups is 1. The van der Waals surface area contributed by atoms with Crippen molar-refractivity contribution in [2.75, 3.05) is 47.5 Å². The second kappa shape index (κ2) is 14.1. The molecule has 0 aromatic carbocycles. The Morgan fingerprint density at radius 1 is 0.964 bits per heavy atom. The molecule has 0 aliphatic carbocycles. The van der Waals surface area contributed by atoms with Crippen LogP contribution in [0.1, 0.15) is 52.4 Å². The normalized spacial score (nSPS) is 14.9. The minimum absolute atomic E-state index is 0.0317. The number of quaternary nitrogens is 1. The third-order valence-corrected chi connectivity index (χ3v) is 4.59. The van der Waals surface area contributed by atoms with E-state index in [1.165, 1.54) is 0 Å². The van der Waals surface area contributed by atoms with Gasteiger partial charge < -0.3 is 18.9 Å². The zero-order valence-electron chi connectivity index (χ0n) is 17.8. The highest BCUT2D eigenvalue weighted by Gasteiger charge is 2.26. The van der Waals surface area contributed by atoms with Crippen molar-refractivity contribution >= 4 is 19.8 Å². The molecule has 0 radical (unpaired) electrons. The van der Waals surface area contributed by atoms with Crippen molar-refractivity contribution in [2.24, 2.45) is 0 Å². The van der Waals surface area contributed by atoms with Crippen LogP contribution >= 0.6 is 7.82 Å². The van der Waals surface area contributed by atoms with E-state index in [0.717, 1.165) is 19.3 Å². The molecule has 0 aromatic rings. The lowest BCUT2D eigenvalue weighted by Gasteiger charge is -2.24. The SMILES string of the molecule is CCCCCC(=O)OC[C@H](COP(=O)(O)OCC[N+](C)(C)C)OC(=O)CCC. The lowest BCUT2D eigenvalue weighted by Crippen LogP contribution is -2.37. The molecule has 1 unspecified atom stereocenters. The number of rotatable bonds is 16. The fourth-order valence-corrected chi connectivity index (χ4v) is 2.73. The van der Waals surface area contributed by atoms with Crippen LogP contribution in [0.4, 0.5) is 0 Å². The average molecular weight is 426 g/mol. The van der Waals surface area contributed by atoms with Gasteiger partial charge in [0, 0.05) is 12.8 Å². The fourth-order valence-electron chi connectivity index (χ4n) is 1.99. The van der Waals surface area contributed by atoms with Crippen LogP contribution in [0.15, 0.2) is 0 Å². The van der Waals surface area contributed by atoms with E-state index in [1.807, 2.05) is 35.0 Å².